The quantitative estimate of drug-likeness (QED) is 0.748. The minimum atomic E-state index is -0.214. The van der Waals surface area contributed by atoms with Crippen LogP contribution in [0.4, 0.5) is 0 Å². The van der Waals surface area contributed by atoms with E-state index in [9.17, 15) is 4.79 Å². The van der Waals surface area contributed by atoms with E-state index >= 15 is 0 Å². The van der Waals surface area contributed by atoms with Crippen molar-refractivity contribution in [3.05, 3.63) is 54.1 Å². The number of para-hydroxylation sites is 1. The van der Waals surface area contributed by atoms with E-state index < -0.39 is 0 Å². The van der Waals surface area contributed by atoms with Crippen LogP contribution < -0.4 is 10.1 Å². The van der Waals surface area contributed by atoms with Crippen molar-refractivity contribution in [1.82, 2.24) is 20.1 Å². The zero-order chi connectivity index (χ0) is 18.4. The highest BCUT2D eigenvalue weighted by Crippen LogP contribution is 2.23. The number of amides is 1. The van der Waals surface area contributed by atoms with Gasteiger partial charge in [0.2, 0.25) is 0 Å². The maximum atomic E-state index is 12.8. The number of hydrogen-bond donors (Lipinski definition) is 1. The lowest BCUT2D eigenvalue weighted by Gasteiger charge is -2.20. The van der Waals surface area contributed by atoms with Crippen LogP contribution in [-0.4, -0.2) is 27.3 Å². The monoisotopic (exact) mass is 342 g/mol. The summed E-state index contributed by atoms with van der Waals surface area (Å²) in [4.78, 5) is 17.1. The van der Waals surface area contributed by atoms with Crippen molar-refractivity contribution >= 4 is 5.91 Å². The van der Waals surface area contributed by atoms with Gasteiger partial charge in [-0.15, -0.1) is 0 Å². The van der Waals surface area contributed by atoms with Gasteiger partial charge in [0, 0.05) is 7.05 Å². The van der Waals surface area contributed by atoms with Crippen LogP contribution in [0.25, 0.3) is 0 Å². The molecule has 2 aromatic rings. The van der Waals surface area contributed by atoms with Gasteiger partial charge < -0.3 is 10.1 Å². The molecular formula is C19H26N4O2. The molecule has 134 valence electrons. The third kappa shape index (κ3) is 5.17. The third-order valence-corrected chi connectivity index (χ3v) is 3.68. The van der Waals surface area contributed by atoms with Crippen molar-refractivity contribution in [1.29, 1.82) is 0 Å². The van der Waals surface area contributed by atoms with Crippen LogP contribution in [0.2, 0.25) is 0 Å². The summed E-state index contributed by atoms with van der Waals surface area (Å²) in [5.74, 6) is 1.49. The fourth-order valence-corrected chi connectivity index (χ4v) is 2.54. The van der Waals surface area contributed by atoms with Gasteiger partial charge in [-0.3, -0.25) is 9.48 Å². The molecule has 0 aliphatic heterocycles. The number of carbonyl (C=O) groups excluding carboxylic acids is 1. The third-order valence-electron chi connectivity index (χ3n) is 3.68. The smallest absolute Gasteiger partial charge is 0.255 e. The van der Waals surface area contributed by atoms with E-state index in [0.29, 0.717) is 23.8 Å². The summed E-state index contributed by atoms with van der Waals surface area (Å²) in [6.07, 6.45) is 2.27. The van der Waals surface area contributed by atoms with E-state index in [4.69, 9.17) is 4.74 Å². The van der Waals surface area contributed by atoms with Gasteiger partial charge in [-0.05, 0) is 37.0 Å². The predicted molar refractivity (Wildman–Crippen MR) is 97.4 cm³/mol. The van der Waals surface area contributed by atoms with Crippen LogP contribution in [0.15, 0.2) is 42.7 Å². The molecule has 0 spiro atoms. The van der Waals surface area contributed by atoms with E-state index in [-0.39, 0.29) is 11.9 Å². The molecule has 0 bridgehead atoms. The first-order chi connectivity index (χ1) is 11.9. The Labute approximate surface area is 148 Å². The number of aromatic nitrogens is 3. The molecule has 0 fully saturated rings. The molecule has 25 heavy (non-hydrogen) atoms. The van der Waals surface area contributed by atoms with Gasteiger partial charge in [-0.1, -0.05) is 32.6 Å². The summed E-state index contributed by atoms with van der Waals surface area (Å²) in [6.45, 7) is 10.3. The summed E-state index contributed by atoms with van der Waals surface area (Å²) in [5.41, 5.74) is 1.40. The molecule has 1 aromatic carbocycles. The minimum Gasteiger partial charge on any atom is -0.488 e. The normalized spacial score (nSPS) is 12.0. The van der Waals surface area contributed by atoms with Gasteiger partial charge in [0.05, 0.1) is 11.6 Å². The number of rotatable bonds is 8. The summed E-state index contributed by atoms with van der Waals surface area (Å²) < 4.78 is 7.39. The molecule has 0 saturated heterocycles. The Balaban J connectivity index is 2.21. The predicted octanol–water partition coefficient (Wildman–Crippen LogP) is 3.29. The van der Waals surface area contributed by atoms with E-state index in [2.05, 4.69) is 35.8 Å². The van der Waals surface area contributed by atoms with Crippen molar-refractivity contribution in [3.8, 4) is 5.75 Å². The first-order valence-corrected chi connectivity index (χ1v) is 8.39. The molecule has 0 radical (unpaired) electrons. The first-order valence-electron chi connectivity index (χ1n) is 8.39. The van der Waals surface area contributed by atoms with E-state index in [1.807, 2.05) is 26.1 Å². The second kappa shape index (κ2) is 8.46. The summed E-state index contributed by atoms with van der Waals surface area (Å²) >= 11 is 0. The van der Waals surface area contributed by atoms with Crippen LogP contribution in [-0.2, 0) is 7.05 Å². The highest BCUT2D eigenvalue weighted by atomic mass is 16.5. The lowest BCUT2D eigenvalue weighted by Crippen LogP contribution is -2.31. The summed E-state index contributed by atoms with van der Waals surface area (Å²) in [6, 6.07) is 7.00. The molecule has 6 nitrogen and oxygen atoms in total. The average molecular weight is 342 g/mol. The molecule has 0 aliphatic rings. The topological polar surface area (TPSA) is 69.0 Å². The molecule has 1 N–H and O–H groups in total. The fraction of sp³-hybridized carbons (Fsp3) is 0.421. The van der Waals surface area contributed by atoms with Crippen molar-refractivity contribution < 1.29 is 9.53 Å². The standard InChI is InChI=1S/C19H26N4O2/c1-13(2)10-16(18-20-12-21-23(18)5)22-19(24)15-8-6-7-9-17(15)25-11-14(3)4/h6-9,12-13,16H,3,10-11H2,1-2,4-5H3,(H,22,24)/t16-/m0/s1. The SMILES string of the molecule is C=C(C)COc1ccccc1C(=O)N[C@@H](CC(C)C)c1ncnn1C. The zero-order valence-corrected chi connectivity index (χ0v) is 15.3. The molecule has 2 rings (SSSR count). The van der Waals surface area contributed by atoms with Gasteiger partial charge in [-0.25, -0.2) is 4.98 Å². The van der Waals surface area contributed by atoms with E-state index in [1.54, 1.807) is 16.8 Å². The van der Waals surface area contributed by atoms with Gasteiger partial charge in [-0.2, -0.15) is 5.10 Å². The lowest BCUT2D eigenvalue weighted by molar-refractivity contribution is 0.0925. The van der Waals surface area contributed by atoms with Gasteiger partial charge in [0.25, 0.3) is 5.91 Å². The molecule has 1 amide bonds. The van der Waals surface area contributed by atoms with Crippen LogP contribution >= 0.6 is 0 Å². The van der Waals surface area contributed by atoms with Crippen LogP contribution in [0, 0.1) is 5.92 Å². The number of nitrogens with zero attached hydrogens (tertiary/aromatic N) is 3. The maximum absolute atomic E-state index is 12.8. The number of nitrogens with one attached hydrogen (secondary N) is 1. The number of ether oxygens (including phenoxy) is 1. The van der Waals surface area contributed by atoms with Crippen molar-refractivity contribution in [3.63, 3.8) is 0 Å². The molecule has 1 atom stereocenters. The second-order valence-electron chi connectivity index (χ2n) is 6.64. The van der Waals surface area contributed by atoms with Crippen molar-refractivity contribution in [2.45, 2.75) is 33.2 Å². The zero-order valence-electron chi connectivity index (χ0n) is 15.3. The average Bonchev–Trinajstić information content (AvgIpc) is 2.98. The number of benzene rings is 1. The number of carbonyl (C=O) groups is 1. The highest BCUT2D eigenvalue weighted by molar-refractivity contribution is 5.97. The van der Waals surface area contributed by atoms with Crippen molar-refractivity contribution in [2.75, 3.05) is 6.61 Å². The molecule has 6 heteroatoms. The molecule has 1 heterocycles. The summed E-state index contributed by atoms with van der Waals surface area (Å²) in [7, 11) is 1.83. The van der Waals surface area contributed by atoms with Crippen LogP contribution in [0.5, 0.6) is 5.75 Å². The van der Waals surface area contributed by atoms with Gasteiger partial charge >= 0.3 is 0 Å². The molecular weight excluding hydrogens is 316 g/mol. The molecule has 0 aliphatic carbocycles. The Hall–Kier alpha value is -2.63. The van der Waals surface area contributed by atoms with Gasteiger partial charge in [0.15, 0.2) is 0 Å². The fourth-order valence-electron chi connectivity index (χ4n) is 2.54. The number of aryl methyl sites for hydroxylation is 1. The highest BCUT2D eigenvalue weighted by Gasteiger charge is 2.22. The van der Waals surface area contributed by atoms with Crippen LogP contribution in [0.3, 0.4) is 0 Å². The molecule has 1 aromatic heterocycles. The second-order valence-corrected chi connectivity index (χ2v) is 6.64. The summed E-state index contributed by atoms with van der Waals surface area (Å²) in [5, 5.41) is 7.18. The Kier molecular flexibility index (Phi) is 6.33. The maximum Gasteiger partial charge on any atom is 0.255 e. The Morgan fingerprint density at radius 2 is 2.08 bits per heavy atom. The Bertz CT molecular complexity index is 737. The molecule has 0 saturated carbocycles. The van der Waals surface area contributed by atoms with Gasteiger partial charge in [0.1, 0.15) is 24.5 Å². The van der Waals surface area contributed by atoms with E-state index in [1.165, 1.54) is 6.33 Å². The first kappa shape index (κ1) is 18.7. The minimum absolute atomic E-state index is 0.189. The largest absolute Gasteiger partial charge is 0.488 e. The van der Waals surface area contributed by atoms with Crippen molar-refractivity contribution in [2.24, 2.45) is 13.0 Å². The molecule has 0 unspecified atom stereocenters. The van der Waals surface area contributed by atoms with Crippen LogP contribution in [0.1, 0.15) is 49.4 Å². The Morgan fingerprint density at radius 3 is 2.68 bits per heavy atom. The lowest BCUT2D eigenvalue weighted by atomic mass is 10.0. The van der Waals surface area contributed by atoms with E-state index in [0.717, 1.165) is 17.8 Å². The Morgan fingerprint density at radius 1 is 1.36 bits per heavy atom. The number of hydrogen-bond acceptors (Lipinski definition) is 4.